The molecule has 28 heavy (non-hydrogen) atoms. The van der Waals surface area contributed by atoms with Gasteiger partial charge in [-0.3, -0.25) is 14.8 Å². The van der Waals surface area contributed by atoms with E-state index in [1.807, 2.05) is 58.9 Å². The standard InChI is InChI=1S/C21H28N4O3/c1-6-25-18(13-14(2)23-25)19(26)24-12-8-9-15-16(10-7-11-17(15)24)22-20(27)28-21(3,4)5/h7,10-11,13H,6,8-9,12H2,1-5H3,(H,22,27). The van der Waals surface area contributed by atoms with E-state index >= 15 is 0 Å². The number of benzene rings is 1. The lowest BCUT2D eigenvalue weighted by molar-refractivity contribution is 0.0635. The fraction of sp³-hybridized carbons (Fsp3) is 0.476. The molecule has 0 atom stereocenters. The zero-order valence-electron chi connectivity index (χ0n) is 17.2. The molecule has 1 aliphatic heterocycles. The van der Waals surface area contributed by atoms with Crippen LogP contribution >= 0.6 is 0 Å². The van der Waals surface area contributed by atoms with Gasteiger partial charge in [0.25, 0.3) is 5.91 Å². The smallest absolute Gasteiger partial charge is 0.412 e. The monoisotopic (exact) mass is 384 g/mol. The summed E-state index contributed by atoms with van der Waals surface area (Å²) in [6, 6.07) is 7.44. The molecule has 1 aliphatic rings. The SMILES string of the molecule is CCn1nc(C)cc1C(=O)N1CCCc2c(NC(=O)OC(C)(C)C)cccc21. The summed E-state index contributed by atoms with van der Waals surface area (Å²) in [6.07, 6.45) is 1.12. The topological polar surface area (TPSA) is 76.5 Å². The summed E-state index contributed by atoms with van der Waals surface area (Å²) in [5.41, 5.74) is 3.29. The molecule has 0 spiro atoms. The predicted octanol–water partition coefficient (Wildman–Crippen LogP) is 4.15. The van der Waals surface area contributed by atoms with Crippen LogP contribution in [0.4, 0.5) is 16.2 Å². The molecule has 1 N–H and O–H groups in total. The summed E-state index contributed by atoms with van der Waals surface area (Å²) in [7, 11) is 0. The van der Waals surface area contributed by atoms with E-state index in [1.165, 1.54) is 0 Å². The molecule has 0 unspecified atom stereocenters. The van der Waals surface area contributed by atoms with Crippen LogP contribution in [0.1, 0.15) is 55.9 Å². The summed E-state index contributed by atoms with van der Waals surface area (Å²) < 4.78 is 7.10. The highest BCUT2D eigenvalue weighted by molar-refractivity contribution is 6.06. The number of anilines is 2. The van der Waals surface area contributed by atoms with Crippen molar-refractivity contribution in [2.45, 2.75) is 59.6 Å². The van der Waals surface area contributed by atoms with Crippen molar-refractivity contribution < 1.29 is 14.3 Å². The first kappa shape index (κ1) is 19.9. The highest BCUT2D eigenvalue weighted by Crippen LogP contribution is 2.34. The average molecular weight is 384 g/mol. The molecule has 0 aliphatic carbocycles. The van der Waals surface area contributed by atoms with Crippen molar-refractivity contribution >= 4 is 23.4 Å². The fourth-order valence-electron chi connectivity index (χ4n) is 3.46. The molecule has 0 bridgehead atoms. The van der Waals surface area contributed by atoms with E-state index in [1.54, 1.807) is 9.58 Å². The number of aryl methyl sites for hydroxylation is 2. The van der Waals surface area contributed by atoms with Crippen molar-refractivity contribution in [2.75, 3.05) is 16.8 Å². The highest BCUT2D eigenvalue weighted by Gasteiger charge is 2.28. The molecule has 150 valence electrons. The molecule has 0 saturated heterocycles. The Kier molecular flexibility index (Phi) is 5.45. The Hall–Kier alpha value is -2.83. The predicted molar refractivity (Wildman–Crippen MR) is 109 cm³/mol. The van der Waals surface area contributed by atoms with E-state index in [9.17, 15) is 9.59 Å². The van der Waals surface area contributed by atoms with E-state index in [0.717, 1.165) is 29.8 Å². The van der Waals surface area contributed by atoms with Gasteiger partial charge in [0.15, 0.2) is 0 Å². The van der Waals surface area contributed by atoms with Gasteiger partial charge in [0.1, 0.15) is 11.3 Å². The first-order chi connectivity index (χ1) is 13.2. The zero-order valence-corrected chi connectivity index (χ0v) is 17.2. The molecule has 7 heteroatoms. The lowest BCUT2D eigenvalue weighted by atomic mass is 9.99. The Labute approximate surface area is 165 Å². The van der Waals surface area contributed by atoms with Crippen molar-refractivity contribution in [3.05, 3.63) is 41.2 Å². The molecule has 1 aromatic carbocycles. The number of nitrogens with zero attached hydrogens (tertiary/aromatic N) is 3. The van der Waals surface area contributed by atoms with Gasteiger partial charge in [-0.25, -0.2) is 4.79 Å². The van der Waals surface area contributed by atoms with Crippen LogP contribution in [0.15, 0.2) is 24.3 Å². The normalized spacial score (nSPS) is 13.8. The number of hydrogen-bond acceptors (Lipinski definition) is 4. The van der Waals surface area contributed by atoms with Gasteiger partial charge in [-0.05, 0) is 71.2 Å². The number of hydrogen-bond donors (Lipinski definition) is 1. The van der Waals surface area contributed by atoms with Gasteiger partial charge in [-0.2, -0.15) is 5.10 Å². The van der Waals surface area contributed by atoms with Gasteiger partial charge in [-0.15, -0.1) is 0 Å². The molecule has 1 aromatic heterocycles. The van der Waals surface area contributed by atoms with Crippen LogP contribution in [0.2, 0.25) is 0 Å². The number of rotatable bonds is 3. The first-order valence-electron chi connectivity index (χ1n) is 9.68. The van der Waals surface area contributed by atoms with Crippen LogP contribution in [0.25, 0.3) is 0 Å². The Bertz CT molecular complexity index is 896. The first-order valence-corrected chi connectivity index (χ1v) is 9.68. The Morgan fingerprint density at radius 3 is 2.71 bits per heavy atom. The third kappa shape index (κ3) is 4.18. The third-order valence-corrected chi connectivity index (χ3v) is 4.55. The maximum atomic E-state index is 13.2. The van der Waals surface area contributed by atoms with Gasteiger partial charge in [0.05, 0.1) is 5.69 Å². The van der Waals surface area contributed by atoms with Crippen molar-refractivity contribution in [1.29, 1.82) is 0 Å². The van der Waals surface area contributed by atoms with Crippen molar-refractivity contribution in [1.82, 2.24) is 9.78 Å². The average Bonchev–Trinajstić information content (AvgIpc) is 3.00. The van der Waals surface area contributed by atoms with Crippen LogP contribution < -0.4 is 10.2 Å². The maximum absolute atomic E-state index is 13.2. The van der Waals surface area contributed by atoms with Crippen molar-refractivity contribution in [3.8, 4) is 0 Å². The van der Waals surface area contributed by atoms with E-state index in [-0.39, 0.29) is 5.91 Å². The van der Waals surface area contributed by atoms with Gasteiger partial charge < -0.3 is 9.64 Å². The number of aromatic nitrogens is 2. The Morgan fingerprint density at radius 1 is 1.29 bits per heavy atom. The van der Waals surface area contributed by atoms with E-state index < -0.39 is 11.7 Å². The summed E-state index contributed by atoms with van der Waals surface area (Å²) >= 11 is 0. The van der Waals surface area contributed by atoms with E-state index in [2.05, 4.69) is 10.4 Å². The largest absolute Gasteiger partial charge is 0.444 e. The molecule has 3 rings (SSSR count). The molecule has 0 radical (unpaired) electrons. The van der Waals surface area contributed by atoms with Gasteiger partial charge in [0.2, 0.25) is 0 Å². The lowest BCUT2D eigenvalue weighted by Crippen LogP contribution is -2.37. The molecule has 2 heterocycles. The van der Waals surface area contributed by atoms with E-state index in [4.69, 9.17) is 4.74 Å². The van der Waals surface area contributed by atoms with Crippen molar-refractivity contribution in [3.63, 3.8) is 0 Å². The van der Waals surface area contributed by atoms with E-state index in [0.29, 0.717) is 24.5 Å². The van der Waals surface area contributed by atoms with Crippen LogP contribution in [-0.2, 0) is 17.7 Å². The molecule has 0 fully saturated rings. The molecular formula is C21H28N4O3. The minimum absolute atomic E-state index is 0.0715. The van der Waals surface area contributed by atoms with Crippen LogP contribution in [0.3, 0.4) is 0 Å². The van der Waals surface area contributed by atoms with Gasteiger partial charge >= 0.3 is 6.09 Å². The van der Waals surface area contributed by atoms with Gasteiger partial charge in [0, 0.05) is 24.5 Å². The van der Waals surface area contributed by atoms with Crippen LogP contribution in [0.5, 0.6) is 0 Å². The number of fused-ring (bicyclic) bond motifs is 1. The molecule has 2 amide bonds. The number of nitrogens with one attached hydrogen (secondary N) is 1. The van der Waals surface area contributed by atoms with Crippen LogP contribution in [-0.4, -0.2) is 33.9 Å². The van der Waals surface area contributed by atoms with Gasteiger partial charge in [-0.1, -0.05) is 6.07 Å². The second-order valence-electron chi connectivity index (χ2n) is 7.98. The lowest BCUT2D eigenvalue weighted by Gasteiger charge is -2.31. The second kappa shape index (κ2) is 7.66. The number of carbonyl (C=O) groups excluding carboxylic acids is 2. The third-order valence-electron chi connectivity index (χ3n) is 4.55. The zero-order chi connectivity index (χ0) is 20.5. The summed E-state index contributed by atoms with van der Waals surface area (Å²) in [5.74, 6) is -0.0715. The fourth-order valence-corrected chi connectivity index (χ4v) is 3.46. The van der Waals surface area contributed by atoms with Crippen molar-refractivity contribution in [2.24, 2.45) is 0 Å². The molecular weight excluding hydrogens is 356 g/mol. The summed E-state index contributed by atoms with van der Waals surface area (Å²) in [4.78, 5) is 27.2. The number of ether oxygens (including phenoxy) is 1. The summed E-state index contributed by atoms with van der Waals surface area (Å²) in [5, 5.41) is 7.22. The maximum Gasteiger partial charge on any atom is 0.412 e. The highest BCUT2D eigenvalue weighted by atomic mass is 16.6. The number of carbonyl (C=O) groups is 2. The minimum Gasteiger partial charge on any atom is -0.444 e. The minimum atomic E-state index is -0.572. The molecule has 7 nitrogen and oxygen atoms in total. The summed E-state index contributed by atoms with van der Waals surface area (Å²) in [6.45, 7) is 10.6. The molecule has 2 aromatic rings. The Morgan fingerprint density at radius 2 is 2.04 bits per heavy atom. The second-order valence-corrected chi connectivity index (χ2v) is 7.98. The molecule has 0 saturated carbocycles. The number of amides is 2. The van der Waals surface area contributed by atoms with Crippen LogP contribution in [0, 0.1) is 6.92 Å². The quantitative estimate of drug-likeness (QED) is 0.862. The Balaban J connectivity index is 1.90.